The van der Waals surface area contributed by atoms with Gasteiger partial charge in [-0.25, -0.2) is 0 Å². The molecule has 0 fully saturated rings. The maximum absolute atomic E-state index is 11.6. The van der Waals surface area contributed by atoms with Crippen LogP contribution in [-0.2, 0) is 11.2 Å². The van der Waals surface area contributed by atoms with Crippen LogP contribution < -0.4 is 0 Å². The lowest BCUT2D eigenvalue weighted by Crippen LogP contribution is -2.02. The van der Waals surface area contributed by atoms with Gasteiger partial charge in [-0.2, -0.15) is 0 Å². The lowest BCUT2D eigenvalue weighted by molar-refractivity contribution is -0.118. The smallest absolute Gasteiger partial charge is 0.137 e. The predicted octanol–water partition coefficient (Wildman–Crippen LogP) is 4.53. The van der Waals surface area contributed by atoms with Crippen LogP contribution in [0, 0.1) is 0 Å². The molecular formula is C14H19BrO. The first kappa shape index (κ1) is 13.4. The summed E-state index contributed by atoms with van der Waals surface area (Å²) in [6, 6.07) is 7.99. The average Bonchev–Trinajstić information content (AvgIpc) is 2.28. The van der Waals surface area contributed by atoms with E-state index < -0.39 is 0 Å². The molecule has 1 aromatic carbocycles. The van der Waals surface area contributed by atoms with Crippen molar-refractivity contribution in [1.29, 1.82) is 0 Å². The van der Waals surface area contributed by atoms with Crippen molar-refractivity contribution in [3.8, 4) is 0 Å². The minimum absolute atomic E-state index is 0.360. The summed E-state index contributed by atoms with van der Waals surface area (Å²) in [5.74, 6) is 0.360. The van der Waals surface area contributed by atoms with Crippen molar-refractivity contribution in [2.24, 2.45) is 0 Å². The van der Waals surface area contributed by atoms with E-state index in [1.165, 1.54) is 19.3 Å². The van der Waals surface area contributed by atoms with E-state index in [1.54, 1.807) is 0 Å². The molecule has 0 aliphatic carbocycles. The molecule has 0 spiro atoms. The van der Waals surface area contributed by atoms with Crippen LogP contribution in [0.1, 0.15) is 44.6 Å². The van der Waals surface area contributed by atoms with E-state index in [0.717, 1.165) is 22.9 Å². The van der Waals surface area contributed by atoms with E-state index in [4.69, 9.17) is 0 Å². The third kappa shape index (κ3) is 5.45. The number of ketones is 1. The van der Waals surface area contributed by atoms with Crippen LogP contribution in [-0.4, -0.2) is 5.78 Å². The standard InChI is InChI=1S/C14H19BrO/c1-2-3-4-5-6-14(16)11-12-7-9-13(15)10-8-12/h7-10H,2-6,11H2,1H3. The molecule has 1 nitrogen and oxygen atoms in total. The fourth-order valence-electron chi connectivity index (χ4n) is 1.67. The Bertz CT molecular complexity index is 316. The molecule has 0 aliphatic heterocycles. The number of unbranched alkanes of at least 4 members (excludes halogenated alkanes) is 3. The van der Waals surface area contributed by atoms with Crippen molar-refractivity contribution in [1.82, 2.24) is 0 Å². The van der Waals surface area contributed by atoms with Crippen LogP contribution in [0.3, 0.4) is 0 Å². The van der Waals surface area contributed by atoms with Gasteiger partial charge in [-0.15, -0.1) is 0 Å². The Kier molecular flexibility index (Phi) is 6.39. The van der Waals surface area contributed by atoms with Gasteiger partial charge in [-0.1, -0.05) is 54.2 Å². The number of carbonyl (C=O) groups is 1. The molecule has 0 N–H and O–H groups in total. The van der Waals surface area contributed by atoms with Gasteiger partial charge in [0, 0.05) is 17.3 Å². The highest BCUT2D eigenvalue weighted by Crippen LogP contribution is 2.12. The second-order valence-electron chi connectivity index (χ2n) is 4.15. The summed E-state index contributed by atoms with van der Waals surface area (Å²) in [6.45, 7) is 2.18. The van der Waals surface area contributed by atoms with Gasteiger partial charge < -0.3 is 0 Å². The van der Waals surface area contributed by atoms with Crippen molar-refractivity contribution >= 4 is 21.7 Å². The largest absolute Gasteiger partial charge is 0.299 e. The Hall–Kier alpha value is -0.630. The molecule has 0 unspecified atom stereocenters. The predicted molar refractivity (Wildman–Crippen MR) is 71.6 cm³/mol. The topological polar surface area (TPSA) is 17.1 Å². The first-order chi connectivity index (χ1) is 7.72. The van der Waals surface area contributed by atoms with Gasteiger partial charge in [0.05, 0.1) is 0 Å². The van der Waals surface area contributed by atoms with Crippen LogP contribution in [0.5, 0.6) is 0 Å². The van der Waals surface area contributed by atoms with E-state index in [9.17, 15) is 4.79 Å². The van der Waals surface area contributed by atoms with Gasteiger partial charge in [0.15, 0.2) is 0 Å². The normalized spacial score (nSPS) is 10.4. The molecule has 0 saturated heterocycles. The molecule has 0 aromatic heterocycles. The second kappa shape index (κ2) is 7.61. The highest BCUT2D eigenvalue weighted by Gasteiger charge is 2.03. The molecule has 0 saturated carbocycles. The van der Waals surface area contributed by atoms with Crippen molar-refractivity contribution in [3.63, 3.8) is 0 Å². The SMILES string of the molecule is CCCCCCC(=O)Cc1ccc(Br)cc1. The van der Waals surface area contributed by atoms with Crippen LogP contribution >= 0.6 is 15.9 Å². The minimum Gasteiger partial charge on any atom is -0.299 e. The van der Waals surface area contributed by atoms with E-state index >= 15 is 0 Å². The summed E-state index contributed by atoms with van der Waals surface area (Å²) in [7, 11) is 0. The molecule has 16 heavy (non-hydrogen) atoms. The number of hydrogen-bond donors (Lipinski definition) is 0. The Balaban J connectivity index is 2.26. The Morgan fingerprint density at radius 2 is 1.81 bits per heavy atom. The van der Waals surface area contributed by atoms with Gasteiger partial charge in [0.2, 0.25) is 0 Å². The van der Waals surface area contributed by atoms with Gasteiger partial charge in [-0.05, 0) is 24.1 Å². The van der Waals surface area contributed by atoms with Gasteiger partial charge >= 0.3 is 0 Å². The van der Waals surface area contributed by atoms with Gasteiger partial charge in [0.25, 0.3) is 0 Å². The van der Waals surface area contributed by atoms with E-state index in [1.807, 2.05) is 24.3 Å². The van der Waals surface area contributed by atoms with Crippen molar-refractivity contribution < 1.29 is 4.79 Å². The van der Waals surface area contributed by atoms with Crippen LogP contribution in [0.25, 0.3) is 0 Å². The van der Waals surface area contributed by atoms with Gasteiger partial charge in [-0.3, -0.25) is 4.79 Å². The highest BCUT2D eigenvalue weighted by molar-refractivity contribution is 9.10. The lowest BCUT2D eigenvalue weighted by atomic mass is 10.0. The highest BCUT2D eigenvalue weighted by atomic mass is 79.9. The number of hydrogen-bond acceptors (Lipinski definition) is 1. The zero-order chi connectivity index (χ0) is 11.8. The zero-order valence-corrected chi connectivity index (χ0v) is 11.4. The Labute approximate surface area is 106 Å². The molecule has 0 bridgehead atoms. The summed E-state index contributed by atoms with van der Waals surface area (Å²) in [4.78, 5) is 11.6. The summed E-state index contributed by atoms with van der Waals surface area (Å²) in [6.07, 6.45) is 6.01. The molecule has 0 radical (unpaired) electrons. The molecule has 0 aliphatic rings. The molecule has 1 aromatic rings. The first-order valence-electron chi connectivity index (χ1n) is 5.98. The lowest BCUT2D eigenvalue weighted by Gasteiger charge is -2.01. The Morgan fingerprint density at radius 3 is 2.44 bits per heavy atom. The van der Waals surface area contributed by atoms with Crippen LogP contribution in [0.2, 0.25) is 0 Å². The van der Waals surface area contributed by atoms with Crippen LogP contribution in [0.4, 0.5) is 0 Å². The first-order valence-corrected chi connectivity index (χ1v) is 6.78. The van der Waals surface area contributed by atoms with Crippen LogP contribution in [0.15, 0.2) is 28.7 Å². The number of rotatable bonds is 7. The molecule has 0 heterocycles. The fraction of sp³-hybridized carbons (Fsp3) is 0.500. The molecular weight excluding hydrogens is 264 g/mol. The molecule has 0 amide bonds. The molecule has 88 valence electrons. The minimum atomic E-state index is 0.360. The monoisotopic (exact) mass is 282 g/mol. The quantitative estimate of drug-likeness (QED) is 0.672. The van der Waals surface area contributed by atoms with Gasteiger partial charge in [0.1, 0.15) is 5.78 Å². The Morgan fingerprint density at radius 1 is 1.12 bits per heavy atom. The summed E-state index contributed by atoms with van der Waals surface area (Å²) >= 11 is 3.39. The summed E-state index contributed by atoms with van der Waals surface area (Å²) < 4.78 is 1.06. The van der Waals surface area contributed by atoms with Crippen molar-refractivity contribution in [2.45, 2.75) is 45.4 Å². The summed E-state index contributed by atoms with van der Waals surface area (Å²) in [5.41, 5.74) is 1.11. The number of benzene rings is 1. The van der Waals surface area contributed by atoms with E-state index in [0.29, 0.717) is 12.2 Å². The molecule has 2 heteroatoms. The number of halogens is 1. The third-order valence-corrected chi connectivity index (χ3v) is 3.15. The van der Waals surface area contributed by atoms with E-state index in [-0.39, 0.29) is 0 Å². The molecule has 0 atom stereocenters. The maximum atomic E-state index is 11.6. The molecule has 1 rings (SSSR count). The van der Waals surface area contributed by atoms with Crippen molar-refractivity contribution in [2.75, 3.05) is 0 Å². The average molecular weight is 283 g/mol. The van der Waals surface area contributed by atoms with E-state index in [2.05, 4.69) is 22.9 Å². The third-order valence-electron chi connectivity index (χ3n) is 2.62. The maximum Gasteiger partial charge on any atom is 0.137 e. The zero-order valence-electron chi connectivity index (χ0n) is 9.84. The number of carbonyl (C=O) groups excluding carboxylic acids is 1. The number of Topliss-reactive ketones (excluding diaryl/α,β-unsaturated/α-hetero) is 1. The second-order valence-corrected chi connectivity index (χ2v) is 5.07. The van der Waals surface area contributed by atoms with Crippen molar-refractivity contribution in [3.05, 3.63) is 34.3 Å². The fourth-order valence-corrected chi connectivity index (χ4v) is 1.93. The summed E-state index contributed by atoms with van der Waals surface area (Å²) in [5, 5.41) is 0.